The highest BCUT2D eigenvalue weighted by atomic mass is 16.5. The monoisotopic (exact) mass is 1140 g/mol. The Morgan fingerprint density at radius 1 is 0.296 bits per heavy atom. The van der Waals surface area contributed by atoms with Crippen LogP contribution < -0.4 is 0 Å². The molecule has 3 atom stereocenters. The van der Waals surface area contributed by atoms with Crippen molar-refractivity contribution < 1.29 is 14.6 Å². The molecular formula is C78H152O3. The number of carbonyl (C=O) groups excluding carboxylic acids is 1. The van der Waals surface area contributed by atoms with E-state index in [9.17, 15) is 9.90 Å². The van der Waals surface area contributed by atoms with E-state index in [4.69, 9.17) is 4.74 Å². The Hall–Kier alpha value is -1.09. The van der Waals surface area contributed by atoms with Crippen LogP contribution in [0.15, 0.2) is 24.3 Å². The van der Waals surface area contributed by atoms with Gasteiger partial charge in [0.05, 0.1) is 19.1 Å². The number of ether oxygens (including phenoxy) is 1. The predicted molar refractivity (Wildman–Crippen MR) is 365 cm³/mol. The summed E-state index contributed by atoms with van der Waals surface area (Å²) < 4.78 is 5.11. The molecule has 0 rings (SSSR count). The quantitative estimate of drug-likeness (QED) is 0.0375. The lowest BCUT2D eigenvalue weighted by Crippen LogP contribution is -2.29. The molecule has 0 aromatic rings. The average Bonchev–Trinajstić information content (AvgIpc) is 3.47. The minimum absolute atomic E-state index is 0.213. The molecular weight excluding hydrogens is 985 g/mol. The van der Waals surface area contributed by atoms with Gasteiger partial charge in [-0.1, -0.05) is 411 Å². The van der Waals surface area contributed by atoms with Crippen LogP contribution in [-0.4, -0.2) is 24.3 Å². The predicted octanol–water partition coefficient (Wildman–Crippen LogP) is 27.7. The zero-order valence-electron chi connectivity index (χ0n) is 56.5. The Kier molecular flexibility index (Phi) is 70.4. The summed E-state index contributed by atoms with van der Waals surface area (Å²) in [5, 5.41) is 10.9. The molecule has 3 nitrogen and oxygen atoms in total. The van der Waals surface area contributed by atoms with Crippen LogP contribution in [-0.2, 0) is 9.53 Å². The number of esters is 1. The van der Waals surface area contributed by atoms with E-state index < -0.39 is 6.10 Å². The summed E-state index contributed by atoms with van der Waals surface area (Å²) in [4.78, 5) is 12.5. The van der Waals surface area contributed by atoms with Crippen molar-refractivity contribution in [2.75, 3.05) is 7.11 Å². The van der Waals surface area contributed by atoms with Crippen molar-refractivity contribution in [3.63, 3.8) is 0 Å². The van der Waals surface area contributed by atoms with E-state index in [0.717, 1.165) is 38.0 Å². The van der Waals surface area contributed by atoms with Gasteiger partial charge in [0, 0.05) is 0 Å². The van der Waals surface area contributed by atoms with Crippen LogP contribution >= 0.6 is 0 Å². The lowest BCUT2D eigenvalue weighted by atomic mass is 9.91. The van der Waals surface area contributed by atoms with Crippen molar-refractivity contribution in [3.05, 3.63) is 24.3 Å². The van der Waals surface area contributed by atoms with Crippen LogP contribution in [0.5, 0.6) is 0 Å². The molecule has 0 saturated heterocycles. The molecule has 3 unspecified atom stereocenters. The van der Waals surface area contributed by atoms with Crippen molar-refractivity contribution in [1.29, 1.82) is 0 Å². The second kappa shape index (κ2) is 71.4. The summed E-state index contributed by atoms with van der Waals surface area (Å²) in [6, 6.07) is 0. The molecule has 0 saturated carbocycles. The fourth-order valence-corrected chi connectivity index (χ4v) is 12.8. The molecule has 0 spiro atoms. The van der Waals surface area contributed by atoms with Gasteiger partial charge in [0.1, 0.15) is 0 Å². The Labute approximate surface area is 512 Å². The van der Waals surface area contributed by atoms with Crippen LogP contribution in [0.1, 0.15) is 445 Å². The number of allylic oxidation sites excluding steroid dienone is 4. The smallest absolute Gasteiger partial charge is 0.311 e. The van der Waals surface area contributed by atoms with Gasteiger partial charge in [-0.3, -0.25) is 4.79 Å². The van der Waals surface area contributed by atoms with E-state index in [-0.39, 0.29) is 11.9 Å². The molecule has 0 fully saturated rings. The summed E-state index contributed by atoms with van der Waals surface area (Å²) in [6.07, 6.45) is 99.9. The summed E-state index contributed by atoms with van der Waals surface area (Å²) >= 11 is 0. The summed E-state index contributed by atoms with van der Waals surface area (Å²) in [6.45, 7) is 7.03. The number of aliphatic hydroxyl groups is 1. The van der Waals surface area contributed by atoms with Gasteiger partial charge < -0.3 is 9.84 Å². The van der Waals surface area contributed by atoms with E-state index in [1.165, 1.54) is 399 Å². The van der Waals surface area contributed by atoms with E-state index in [1.807, 2.05) is 0 Å². The maximum atomic E-state index is 12.5. The Morgan fingerprint density at radius 3 is 0.765 bits per heavy atom. The molecule has 0 aromatic carbocycles. The van der Waals surface area contributed by atoms with Gasteiger partial charge in [-0.25, -0.2) is 0 Å². The Bertz CT molecular complexity index is 1210. The number of hydrogen-bond donors (Lipinski definition) is 1. The molecule has 0 heterocycles. The molecule has 3 heteroatoms. The normalized spacial score (nSPS) is 13.1. The first-order valence-corrected chi connectivity index (χ1v) is 38.1. The van der Waals surface area contributed by atoms with Gasteiger partial charge in [0.15, 0.2) is 0 Å². The largest absolute Gasteiger partial charge is 0.469 e. The van der Waals surface area contributed by atoms with E-state index in [0.29, 0.717) is 0 Å². The number of carbonyl (C=O) groups is 1. The van der Waals surface area contributed by atoms with Crippen molar-refractivity contribution in [3.8, 4) is 0 Å². The third-order valence-electron chi connectivity index (χ3n) is 18.6. The number of rotatable bonds is 71. The van der Waals surface area contributed by atoms with E-state index in [1.54, 1.807) is 0 Å². The summed E-state index contributed by atoms with van der Waals surface area (Å²) in [5.41, 5.74) is 0. The van der Waals surface area contributed by atoms with Crippen LogP contribution in [0.2, 0.25) is 0 Å². The summed E-state index contributed by atoms with van der Waals surface area (Å²) in [5.74, 6) is 0.190. The van der Waals surface area contributed by atoms with Gasteiger partial charge in [0.25, 0.3) is 0 Å². The molecule has 81 heavy (non-hydrogen) atoms. The second-order valence-corrected chi connectivity index (χ2v) is 26.8. The van der Waals surface area contributed by atoms with Crippen LogP contribution in [0.4, 0.5) is 0 Å². The molecule has 0 aliphatic carbocycles. The molecule has 0 aliphatic rings. The Balaban J connectivity index is 3.43. The maximum absolute atomic E-state index is 12.5. The highest BCUT2D eigenvalue weighted by molar-refractivity contribution is 5.72. The molecule has 0 amide bonds. The third-order valence-corrected chi connectivity index (χ3v) is 18.6. The highest BCUT2D eigenvalue weighted by Gasteiger charge is 2.26. The molecule has 1 N–H and O–H groups in total. The van der Waals surface area contributed by atoms with Gasteiger partial charge >= 0.3 is 5.97 Å². The van der Waals surface area contributed by atoms with Crippen LogP contribution in [0, 0.1) is 11.8 Å². The van der Waals surface area contributed by atoms with Crippen molar-refractivity contribution in [2.24, 2.45) is 11.8 Å². The average molecular weight is 1140 g/mol. The van der Waals surface area contributed by atoms with Gasteiger partial charge in [-0.2, -0.15) is 0 Å². The zero-order valence-corrected chi connectivity index (χ0v) is 56.5. The standard InChI is InChI=1S/C78H152O3/c1-5-7-9-11-13-15-17-19-21-23-25-26-27-28-29-30-31-32-33-34-35-36-37-39-43-47-51-55-59-63-67-71-75(3)72-68-64-60-56-52-48-44-40-38-42-46-50-54-58-62-66-70-74-77(79)76(78(80)81-4)73-69-65-61-57-53-49-45-41-24-22-20-18-16-14-12-10-8-6-2/h30-31,67,71,75-77,79H,5-29,32-66,68-70,72-74H2,1-4H3. The molecule has 0 radical (unpaired) electrons. The number of hydrogen-bond acceptors (Lipinski definition) is 3. The van der Waals surface area contributed by atoms with Gasteiger partial charge in [-0.15, -0.1) is 0 Å². The minimum atomic E-state index is -0.554. The molecule has 0 aliphatic heterocycles. The molecule has 0 bridgehead atoms. The van der Waals surface area contributed by atoms with Gasteiger partial charge in [-0.05, 0) is 63.7 Å². The van der Waals surface area contributed by atoms with E-state index >= 15 is 0 Å². The number of aliphatic hydroxyl groups excluding tert-OH is 1. The lowest BCUT2D eigenvalue weighted by Gasteiger charge is -2.20. The summed E-state index contributed by atoms with van der Waals surface area (Å²) in [7, 11) is 1.48. The topological polar surface area (TPSA) is 46.5 Å². The highest BCUT2D eigenvalue weighted by Crippen LogP contribution is 2.24. The Morgan fingerprint density at radius 2 is 0.506 bits per heavy atom. The SMILES string of the molecule is CCCCCCCCCCCCCCCCC=CCCCCCCCCCCCCCC=CC(C)CCCCCCCCCCCCCCCCCCCC(O)C(CCCCCCCCCCCCCCCCCCCC)C(=O)OC. The number of unbranched alkanes of at least 4 members (excludes halogenated alkanes) is 59. The van der Waals surface area contributed by atoms with Crippen molar-refractivity contribution in [1.82, 2.24) is 0 Å². The van der Waals surface area contributed by atoms with Crippen LogP contribution in [0.25, 0.3) is 0 Å². The third kappa shape index (κ3) is 66.3. The fraction of sp³-hybridized carbons (Fsp3) is 0.936. The zero-order chi connectivity index (χ0) is 58.5. The van der Waals surface area contributed by atoms with E-state index in [2.05, 4.69) is 45.1 Å². The fourth-order valence-electron chi connectivity index (χ4n) is 12.8. The molecule has 0 aromatic heterocycles. The van der Waals surface area contributed by atoms with Crippen molar-refractivity contribution in [2.45, 2.75) is 451 Å². The first kappa shape index (κ1) is 79.9. The maximum Gasteiger partial charge on any atom is 0.311 e. The lowest BCUT2D eigenvalue weighted by molar-refractivity contribution is -0.150. The minimum Gasteiger partial charge on any atom is -0.469 e. The molecule has 482 valence electrons. The van der Waals surface area contributed by atoms with Gasteiger partial charge in [0.2, 0.25) is 0 Å². The first-order chi connectivity index (χ1) is 40.1. The van der Waals surface area contributed by atoms with Crippen LogP contribution in [0.3, 0.4) is 0 Å². The second-order valence-electron chi connectivity index (χ2n) is 26.8. The first-order valence-electron chi connectivity index (χ1n) is 38.1. The van der Waals surface area contributed by atoms with Crippen molar-refractivity contribution >= 4 is 5.97 Å². The number of methoxy groups -OCH3 is 1.